The lowest BCUT2D eigenvalue weighted by Gasteiger charge is -2.09. The van der Waals surface area contributed by atoms with Gasteiger partial charge in [0, 0.05) is 28.4 Å². The predicted octanol–water partition coefficient (Wildman–Crippen LogP) is 5.04. The molecule has 2 N–H and O–H groups in total. The van der Waals surface area contributed by atoms with Gasteiger partial charge in [0.25, 0.3) is 5.69 Å². The van der Waals surface area contributed by atoms with Crippen molar-refractivity contribution in [1.29, 1.82) is 0 Å². The highest BCUT2D eigenvalue weighted by Crippen LogP contribution is 2.37. The molecule has 28 heavy (non-hydrogen) atoms. The Kier molecular flexibility index (Phi) is 6.00. The molecule has 10 heteroatoms. The first-order valence-corrected chi connectivity index (χ1v) is 9.49. The second-order valence-corrected chi connectivity index (χ2v) is 7.49. The summed E-state index contributed by atoms with van der Waals surface area (Å²) in [5.74, 6) is 0.817. The van der Waals surface area contributed by atoms with Crippen LogP contribution in [0.4, 0.5) is 11.5 Å². The molecule has 0 saturated heterocycles. The van der Waals surface area contributed by atoms with Crippen LogP contribution in [-0.4, -0.2) is 26.2 Å². The van der Waals surface area contributed by atoms with Crippen molar-refractivity contribution in [3.63, 3.8) is 0 Å². The van der Waals surface area contributed by atoms with E-state index >= 15 is 0 Å². The first-order valence-electron chi connectivity index (χ1n) is 7.91. The number of hydrogen-bond donors (Lipinski definition) is 2. The monoisotopic (exact) mass is 505 g/mol. The summed E-state index contributed by atoms with van der Waals surface area (Å²) in [5.41, 5.74) is 4.67. The average Bonchev–Trinajstić information content (AvgIpc) is 2.64. The minimum Gasteiger partial charge on any atom is -0.506 e. The number of nitrogens with zero attached hydrogens (tertiary/aromatic N) is 4. The fourth-order valence-corrected chi connectivity index (χ4v) is 3.56. The summed E-state index contributed by atoms with van der Waals surface area (Å²) in [6.07, 6.45) is 1.52. The van der Waals surface area contributed by atoms with Crippen LogP contribution in [0.1, 0.15) is 11.3 Å². The molecule has 2 aromatic carbocycles. The molecule has 142 valence electrons. The maximum absolute atomic E-state index is 10.7. The number of phenols is 1. The van der Waals surface area contributed by atoms with Gasteiger partial charge in [-0.15, -0.1) is 0 Å². The summed E-state index contributed by atoms with van der Waals surface area (Å²) in [4.78, 5) is 19.0. The average molecular weight is 507 g/mol. The van der Waals surface area contributed by atoms with Crippen molar-refractivity contribution < 1.29 is 10.0 Å². The lowest BCUT2D eigenvalue weighted by atomic mass is 10.2. The smallest absolute Gasteiger partial charge is 0.269 e. The highest BCUT2D eigenvalue weighted by Gasteiger charge is 2.13. The Balaban J connectivity index is 1.83. The quantitative estimate of drug-likeness (QED) is 0.285. The number of hydrazone groups is 1. The van der Waals surface area contributed by atoms with Crippen LogP contribution in [0.15, 0.2) is 56.5 Å². The second kappa shape index (κ2) is 8.44. The molecule has 0 unspecified atom stereocenters. The van der Waals surface area contributed by atoms with Gasteiger partial charge in [0.15, 0.2) is 11.6 Å². The number of benzene rings is 2. The van der Waals surface area contributed by atoms with E-state index < -0.39 is 4.92 Å². The summed E-state index contributed by atoms with van der Waals surface area (Å²) >= 11 is 6.68. The molecular formula is C18H13Br2N5O3. The van der Waals surface area contributed by atoms with Gasteiger partial charge in [-0.2, -0.15) is 5.10 Å². The number of anilines is 1. The van der Waals surface area contributed by atoms with E-state index in [2.05, 4.69) is 52.4 Å². The first-order chi connectivity index (χ1) is 13.3. The Morgan fingerprint density at radius 2 is 1.89 bits per heavy atom. The van der Waals surface area contributed by atoms with E-state index in [1.807, 2.05) is 0 Å². The van der Waals surface area contributed by atoms with Gasteiger partial charge in [-0.05, 0) is 52.7 Å². The first kappa shape index (κ1) is 19.9. The number of phenolic OH excluding ortho intramolecular Hbond substituents is 1. The Morgan fingerprint density at radius 1 is 1.18 bits per heavy atom. The van der Waals surface area contributed by atoms with Crippen molar-refractivity contribution in [1.82, 2.24) is 9.97 Å². The van der Waals surface area contributed by atoms with Gasteiger partial charge >= 0.3 is 0 Å². The minimum atomic E-state index is -0.458. The number of halogens is 2. The third kappa shape index (κ3) is 4.70. The van der Waals surface area contributed by atoms with Crippen LogP contribution in [0, 0.1) is 17.0 Å². The summed E-state index contributed by atoms with van der Waals surface area (Å²) in [7, 11) is 0. The Bertz CT molecular complexity index is 1070. The van der Waals surface area contributed by atoms with Crippen molar-refractivity contribution in [2.45, 2.75) is 6.92 Å². The highest BCUT2D eigenvalue weighted by molar-refractivity contribution is 9.11. The molecular weight excluding hydrogens is 494 g/mol. The largest absolute Gasteiger partial charge is 0.506 e. The zero-order chi connectivity index (χ0) is 20.3. The van der Waals surface area contributed by atoms with Gasteiger partial charge in [0.05, 0.1) is 21.2 Å². The highest BCUT2D eigenvalue weighted by atomic mass is 79.9. The predicted molar refractivity (Wildman–Crippen MR) is 114 cm³/mol. The summed E-state index contributed by atoms with van der Waals surface area (Å²) in [6.45, 7) is 1.81. The van der Waals surface area contributed by atoms with Gasteiger partial charge in [0.2, 0.25) is 0 Å². The van der Waals surface area contributed by atoms with Crippen LogP contribution in [0.3, 0.4) is 0 Å². The molecule has 0 saturated carbocycles. The van der Waals surface area contributed by atoms with E-state index in [-0.39, 0.29) is 11.4 Å². The minimum absolute atomic E-state index is 0.0150. The molecule has 0 atom stereocenters. The number of nitro groups is 1. The second-order valence-electron chi connectivity index (χ2n) is 5.72. The molecule has 0 aliphatic rings. The zero-order valence-corrected chi connectivity index (χ0v) is 17.6. The molecule has 0 amide bonds. The summed E-state index contributed by atoms with van der Waals surface area (Å²) < 4.78 is 1.29. The number of nitrogens with one attached hydrogen (secondary N) is 1. The van der Waals surface area contributed by atoms with E-state index in [0.717, 1.165) is 4.47 Å². The van der Waals surface area contributed by atoms with Crippen LogP contribution < -0.4 is 5.43 Å². The van der Waals surface area contributed by atoms with Crippen LogP contribution >= 0.6 is 31.9 Å². The number of aromatic hydroxyl groups is 1. The Hall–Kier alpha value is -2.85. The lowest BCUT2D eigenvalue weighted by molar-refractivity contribution is -0.384. The van der Waals surface area contributed by atoms with Crippen molar-refractivity contribution >= 4 is 49.6 Å². The van der Waals surface area contributed by atoms with Crippen molar-refractivity contribution in [2.24, 2.45) is 5.10 Å². The van der Waals surface area contributed by atoms with E-state index in [0.29, 0.717) is 32.9 Å². The molecule has 8 nitrogen and oxygen atoms in total. The van der Waals surface area contributed by atoms with Crippen molar-refractivity contribution in [3.8, 4) is 17.1 Å². The fourth-order valence-electron chi connectivity index (χ4n) is 2.34. The molecule has 0 aliphatic heterocycles. The standard InChI is InChI=1S/C18H13Br2N5O3/c1-10-6-16(24-21-9-11-2-4-13(5-3-11)25(27)28)23-18(22-10)14-7-12(19)8-15(20)17(14)26/h2-9,26H,1H3,(H,22,23,24). The van der Waals surface area contributed by atoms with Gasteiger partial charge in [-0.3, -0.25) is 15.5 Å². The van der Waals surface area contributed by atoms with Crippen LogP contribution in [-0.2, 0) is 0 Å². The van der Waals surface area contributed by atoms with Crippen LogP contribution in [0.25, 0.3) is 11.4 Å². The number of nitro benzene ring substituents is 1. The fraction of sp³-hybridized carbons (Fsp3) is 0.0556. The topological polar surface area (TPSA) is 114 Å². The van der Waals surface area contributed by atoms with Crippen molar-refractivity contribution in [3.05, 3.63) is 72.8 Å². The lowest BCUT2D eigenvalue weighted by Crippen LogP contribution is -1.99. The molecule has 0 radical (unpaired) electrons. The summed E-state index contributed by atoms with van der Waals surface area (Å²) in [6, 6.07) is 11.2. The van der Waals surface area contributed by atoms with Gasteiger partial charge in [0.1, 0.15) is 5.75 Å². The SMILES string of the molecule is Cc1cc(NN=Cc2ccc([N+](=O)[O-])cc2)nc(-c2cc(Br)cc(Br)c2O)n1. The maximum atomic E-state index is 10.7. The molecule has 1 heterocycles. The zero-order valence-electron chi connectivity index (χ0n) is 14.4. The Morgan fingerprint density at radius 3 is 2.57 bits per heavy atom. The maximum Gasteiger partial charge on any atom is 0.269 e. The molecule has 0 spiro atoms. The van der Waals surface area contributed by atoms with E-state index in [1.54, 1.807) is 37.3 Å². The number of aryl methyl sites for hydroxylation is 1. The van der Waals surface area contributed by atoms with E-state index in [9.17, 15) is 15.2 Å². The third-order valence-electron chi connectivity index (χ3n) is 3.62. The van der Waals surface area contributed by atoms with Gasteiger partial charge in [-0.1, -0.05) is 15.9 Å². The third-order valence-corrected chi connectivity index (χ3v) is 4.68. The molecule has 3 aromatic rings. The molecule has 0 bridgehead atoms. The number of aromatic nitrogens is 2. The van der Waals surface area contributed by atoms with E-state index in [1.165, 1.54) is 18.3 Å². The van der Waals surface area contributed by atoms with Crippen LogP contribution in [0.5, 0.6) is 5.75 Å². The number of non-ortho nitro benzene ring substituents is 1. The normalized spacial score (nSPS) is 11.0. The van der Waals surface area contributed by atoms with E-state index in [4.69, 9.17) is 0 Å². The number of hydrogen-bond acceptors (Lipinski definition) is 7. The van der Waals surface area contributed by atoms with Gasteiger partial charge in [-0.25, -0.2) is 9.97 Å². The molecule has 0 aliphatic carbocycles. The molecule has 0 fully saturated rings. The van der Waals surface area contributed by atoms with Crippen molar-refractivity contribution in [2.75, 3.05) is 5.43 Å². The molecule has 1 aromatic heterocycles. The van der Waals surface area contributed by atoms with Gasteiger partial charge < -0.3 is 5.11 Å². The Labute approximate surface area is 176 Å². The van der Waals surface area contributed by atoms with Crippen LogP contribution in [0.2, 0.25) is 0 Å². The summed E-state index contributed by atoms with van der Waals surface area (Å²) in [5, 5.41) is 25.1. The number of rotatable bonds is 5. The molecule has 3 rings (SSSR count).